The molecule has 2 atom stereocenters. The van der Waals surface area contributed by atoms with E-state index in [2.05, 4.69) is 0 Å². The van der Waals surface area contributed by atoms with Gasteiger partial charge in [0.05, 0.1) is 12.0 Å². The third-order valence-electron chi connectivity index (χ3n) is 4.07. The Morgan fingerprint density at radius 1 is 1.04 bits per heavy atom. The zero-order valence-corrected chi connectivity index (χ0v) is 13.4. The van der Waals surface area contributed by atoms with Crippen LogP contribution in [0.1, 0.15) is 50.7 Å². The molecule has 1 aromatic rings. The molecule has 0 spiro atoms. The third kappa shape index (κ3) is 4.02. The summed E-state index contributed by atoms with van der Waals surface area (Å²) in [6, 6.07) is 5.66. The summed E-state index contributed by atoms with van der Waals surface area (Å²) in [5.41, 5.74) is -2.03. The fraction of sp³-hybridized carbons (Fsp3) is 0.625. The molecule has 0 aromatic heterocycles. The lowest BCUT2D eigenvalue weighted by Gasteiger charge is -2.34. The molecule has 0 aliphatic rings. The SMILES string of the molecule is CCC(C)c1cccc(C(C)(O)CC(F)(F)C(F)(F)C(F)(F)F)c1. The molecule has 0 bridgehead atoms. The van der Waals surface area contributed by atoms with E-state index in [4.69, 9.17) is 0 Å². The van der Waals surface area contributed by atoms with E-state index in [0.717, 1.165) is 6.92 Å². The average molecular weight is 360 g/mol. The van der Waals surface area contributed by atoms with Gasteiger partial charge in [0.25, 0.3) is 0 Å². The maximum absolute atomic E-state index is 13.6. The van der Waals surface area contributed by atoms with Crippen molar-refractivity contribution in [2.24, 2.45) is 0 Å². The van der Waals surface area contributed by atoms with Crippen LogP contribution in [0.15, 0.2) is 24.3 Å². The maximum atomic E-state index is 13.6. The van der Waals surface area contributed by atoms with Gasteiger partial charge in [0, 0.05) is 0 Å². The van der Waals surface area contributed by atoms with Gasteiger partial charge in [-0.2, -0.15) is 30.7 Å². The molecule has 138 valence electrons. The van der Waals surface area contributed by atoms with Crippen LogP contribution >= 0.6 is 0 Å². The van der Waals surface area contributed by atoms with Gasteiger partial charge in [-0.15, -0.1) is 0 Å². The van der Waals surface area contributed by atoms with E-state index >= 15 is 0 Å². The highest BCUT2D eigenvalue weighted by Gasteiger charge is 2.73. The summed E-state index contributed by atoms with van der Waals surface area (Å²) < 4.78 is 89.8. The number of hydrogen-bond donors (Lipinski definition) is 1. The Kier molecular flexibility index (Phi) is 5.65. The van der Waals surface area contributed by atoms with Gasteiger partial charge in [0.15, 0.2) is 0 Å². The van der Waals surface area contributed by atoms with Gasteiger partial charge >= 0.3 is 18.0 Å². The number of hydrogen-bond acceptors (Lipinski definition) is 1. The van der Waals surface area contributed by atoms with E-state index in [1.54, 1.807) is 6.07 Å². The lowest BCUT2D eigenvalue weighted by Crippen LogP contribution is -2.54. The highest BCUT2D eigenvalue weighted by molar-refractivity contribution is 5.30. The van der Waals surface area contributed by atoms with Crippen LogP contribution in [0.3, 0.4) is 0 Å². The minimum atomic E-state index is -6.41. The summed E-state index contributed by atoms with van der Waals surface area (Å²) in [4.78, 5) is 0. The number of rotatable bonds is 6. The molecule has 1 rings (SSSR count). The zero-order chi connectivity index (χ0) is 19.0. The Bertz CT molecular complexity index is 564. The van der Waals surface area contributed by atoms with E-state index in [1.165, 1.54) is 18.2 Å². The number of aliphatic hydroxyl groups is 1. The Morgan fingerprint density at radius 2 is 1.58 bits per heavy atom. The minimum absolute atomic E-state index is 0.0119. The minimum Gasteiger partial charge on any atom is -0.385 e. The van der Waals surface area contributed by atoms with Crippen molar-refractivity contribution in [1.29, 1.82) is 0 Å². The first-order valence-corrected chi connectivity index (χ1v) is 7.31. The van der Waals surface area contributed by atoms with Crippen LogP contribution in [0, 0.1) is 0 Å². The summed E-state index contributed by atoms with van der Waals surface area (Å²) in [5, 5.41) is 10.1. The van der Waals surface area contributed by atoms with E-state index in [-0.39, 0.29) is 11.5 Å². The summed E-state index contributed by atoms with van der Waals surface area (Å²) in [5.74, 6) is -11.7. The second kappa shape index (κ2) is 6.54. The number of alkyl halides is 7. The molecule has 1 nitrogen and oxygen atoms in total. The molecule has 0 saturated carbocycles. The highest BCUT2D eigenvalue weighted by Crippen LogP contribution is 2.50. The molecule has 0 fully saturated rings. The molecule has 8 heteroatoms. The van der Waals surface area contributed by atoms with E-state index in [9.17, 15) is 35.8 Å². The summed E-state index contributed by atoms with van der Waals surface area (Å²) in [7, 11) is 0. The molecule has 0 heterocycles. The first-order valence-electron chi connectivity index (χ1n) is 7.31. The van der Waals surface area contributed by atoms with Crippen LogP contribution in [-0.2, 0) is 5.60 Å². The molecule has 0 aliphatic carbocycles. The summed E-state index contributed by atoms with van der Waals surface area (Å²) in [6.07, 6.45) is -7.77. The summed E-state index contributed by atoms with van der Waals surface area (Å²) >= 11 is 0. The number of benzene rings is 1. The van der Waals surface area contributed by atoms with Gasteiger partial charge < -0.3 is 5.11 Å². The van der Waals surface area contributed by atoms with Gasteiger partial charge in [-0.05, 0) is 30.4 Å². The van der Waals surface area contributed by atoms with Crippen LogP contribution < -0.4 is 0 Å². The summed E-state index contributed by atoms with van der Waals surface area (Å²) in [6.45, 7) is 4.50. The van der Waals surface area contributed by atoms with Crippen molar-refractivity contribution in [3.63, 3.8) is 0 Å². The molecule has 0 amide bonds. The van der Waals surface area contributed by atoms with E-state index in [1.807, 2.05) is 13.8 Å². The normalized spacial score (nSPS) is 17.5. The molecule has 2 unspecified atom stereocenters. The van der Waals surface area contributed by atoms with Gasteiger partial charge in [-0.1, -0.05) is 38.1 Å². The van der Waals surface area contributed by atoms with Crippen LogP contribution in [0.5, 0.6) is 0 Å². The molecule has 0 aliphatic heterocycles. The second-order valence-corrected chi connectivity index (χ2v) is 6.16. The quantitative estimate of drug-likeness (QED) is 0.652. The predicted molar refractivity (Wildman–Crippen MR) is 75.3 cm³/mol. The van der Waals surface area contributed by atoms with Gasteiger partial charge in [0.1, 0.15) is 0 Å². The van der Waals surface area contributed by atoms with Crippen molar-refractivity contribution in [3.8, 4) is 0 Å². The fourth-order valence-corrected chi connectivity index (χ4v) is 2.27. The van der Waals surface area contributed by atoms with Crippen LogP contribution in [-0.4, -0.2) is 23.1 Å². The topological polar surface area (TPSA) is 20.2 Å². The lowest BCUT2D eigenvalue weighted by atomic mass is 9.85. The van der Waals surface area contributed by atoms with Crippen LogP contribution in [0.2, 0.25) is 0 Å². The van der Waals surface area contributed by atoms with Crippen molar-refractivity contribution in [2.45, 2.75) is 63.2 Å². The first-order chi connectivity index (χ1) is 10.7. The van der Waals surface area contributed by atoms with Crippen molar-refractivity contribution < 1.29 is 35.8 Å². The van der Waals surface area contributed by atoms with E-state index in [0.29, 0.717) is 12.0 Å². The van der Waals surface area contributed by atoms with Crippen LogP contribution in [0.25, 0.3) is 0 Å². The van der Waals surface area contributed by atoms with Gasteiger partial charge in [0.2, 0.25) is 0 Å². The van der Waals surface area contributed by atoms with Crippen LogP contribution in [0.4, 0.5) is 30.7 Å². The second-order valence-electron chi connectivity index (χ2n) is 6.16. The Labute approximate surface area is 135 Å². The number of halogens is 7. The Hall–Kier alpha value is -1.31. The largest absolute Gasteiger partial charge is 0.459 e. The van der Waals surface area contributed by atoms with Crippen molar-refractivity contribution in [1.82, 2.24) is 0 Å². The monoisotopic (exact) mass is 360 g/mol. The molecular formula is C16H19F7O. The van der Waals surface area contributed by atoms with Crippen molar-refractivity contribution in [2.75, 3.05) is 0 Å². The maximum Gasteiger partial charge on any atom is 0.459 e. The molecule has 1 N–H and O–H groups in total. The lowest BCUT2D eigenvalue weighted by molar-refractivity contribution is -0.361. The van der Waals surface area contributed by atoms with Crippen molar-refractivity contribution >= 4 is 0 Å². The van der Waals surface area contributed by atoms with Gasteiger partial charge in [-0.25, -0.2) is 0 Å². The molecule has 0 saturated heterocycles. The van der Waals surface area contributed by atoms with Gasteiger partial charge in [-0.3, -0.25) is 0 Å². The molecular weight excluding hydrogens is 341 g/mol. The Morgan fingerprint density at radius 3 is 2.04 bits per heavy atom. The Balaban J connectivity index is 3.17. The fourth-order valence-electron chi connectivity index (χ4n) is 2.27. The molecule has 0 radical (unpaired) electrons. The first kappa shape index (κ1) is 20.7. The third-order valence-corrected chi connectivity index (χ3v) is 4.07. The van der Waals surface area contributed by atoms with E-state index < -0.39 is 30.0 Å². The average Bonchev–Trinajstić information content (AvgIpc) is 2.44. The smallest absolute Gasteiger partial charge is 0.385 e. The molecule has 1 aromatic carbocycles. The van der Waals surface area contributed by atoms with Crippen molar-refractivity contribution in [3.05, 3.63) is 35.4 Å². The zero-order valence-electron chi connectivity index (χ0n) is 13.4. The standard InChI is InChI=1S/C16H19F7O/c1-4-10(2)11-6-5-7-12(8-11)13(3,24)9-14(17,18)15(19,20)16(21,22)23/h5-8,10,24H,4,9H2,1-3H3. The highest BCUT2D eigenvalue weighted by atomic mass is 19.4. The molecule has 24 heavy (non-hydrogen) atoms. The predicted octanol–water partition coefficient (Wildman–Crippen LogP) is 5.63.